The molecule has 0 fully saturated rings. The molecule has 0 heterocycles. The minimum atomic E-state index is -2.97. The summed E-state index contributed by atoms with van der Waals surface area (Å²) in [6.07, 6.45) is 0.994. The molecule has 13 heavy (non-hydrogen) atoms. The van der Waals surface area contributed by atoms with Gasteiger partial charge < -0.3 is 18.9 Å². The van der Waals surface area contributed by atoms with Gasteiger partial charge in [-0.3, -0.25) is 0 Å². The number of alkyl halides is 1. The van der Waals surface area contributed by atoms with E-state index in [1.54, 1.807) is 6.92 Å². The Morgan fingerprint density at radius 3 is 2.77 bits per heavy atom. The molecule has 7 heteroatoms. The van der Waals surface area contributed by atoms with Crippen LogP contribution in [0.15, 0.2) is 12.2 Å². The molecule has 5 nitrogen and oxygen atoms in total. The topological polar surface area (TPSA) is 65.0 Å². The van der Waals surface area contributed by atoms with E-state index in [9.17, 15) is 4.57 Å². The molecule has 0 radical (unpaired) electrons. The zero-order valence-corrected chi connectivity index (χ0v) is 9.74. The molecule has 0 saturated carbocycles. The van der Waals surface area contributed by atoms with Crippen LogP contribution in [0.2, 0.25) is 0 Å². The molecule has 0 aliphatic heterocycles. The van der Waals surface area contributed by atoms with Gasteiger partial charge in [-0.15, -0.1) is 0 Å². The van der Waals surface area contributed by atoms with E-state index in [4.69, 9.17) is 14.4 Å². The first kappa shape index (κ1) is 12.8. The van der Waals surface area contributed by atoms with Gasteiger partial charge in [0, 0.05) is 5.33 Å². The number of halogens is 1. The van der Waals surface area contributed by atoms with Crippen LogP contribution in [0.5, 0.6) is 0 Å². The Bertz CT molecular complexity index is 184. The molecule has 0 aliphatic rings. The van der Waals surface area contributed by atoms with Crippen molar-refractivity contribution in [1.82, 2.24) is 0 Å². The first-order valence-electron chi connectivity index (χ1n) is 3.62. The molecule has 1 N–H and O–H groups in total. The van der Waals surface area contributed by atoms with E-state index in [-0.39, 0.29) is 5.95 Å². The maximum Gasteiger partial charge on any atom is 0.364 e. The van der Waals surface area contributed by atoms with Gasteiger partial charge in [-0.05, 0) is 6.92 Å². The van der Waals surface area contributed by atoms with E-state index in [1.807, 2.05) is 0 Å². The molecule has 0 spiro atoms. The average Bonchev–Trinajstić information content (AvgIpc) is 2.09. The second-order valence-corrected chi connectivity index (χ2v) is 3.35. The molecule has 1 unspecified atom stereocenters. The molecule has 0 aromatic rings. The van der Waals surface area contributed by atoms with Crippen LogP contribution < -0.4 is 0 Å². The zero-order chi connectivity index (χ0) is 10.1. The van der Waals surface area contributed by atoms with Crippen molar-refractivity contribution in [2.75, 3.05) is 18.5 Å². The first-order chi connectivity index (χ1) is 6.20. The second kappa shape index (κ2) is 8.41. The molecule has 1 atom stereocenters. The van der Waals surface area contributed by atoms with Crippen LogP contribution >= 0.6 is 24.2 Å². The fourth-order valence-corrected chi connectivity index (χ4v) is 0.849. The lowest BCUT2D eigenvalue weighted by atomic mass is 10.8. The van der Waals surface area contributed by atoms with Crippen molar-refractivity contribution in [1.29, 1.82) is 0 Å². The van der Waals surface area contributed by atoms with Gasteiger partial charge in [0.05, 0.1) is 6.61 Å². The number of rotatable bonds is 7. The smallest absolute Gasteiger partial charge is 0.364 e. The molecule has 0 rings (SSSR count). The number of hydrogen-bond acceptors (Lipinski definition) is 4. The highest BCUT2D eigenvalue weighted by Gasteiger charge is 1.99. The molecular weight excluding hydrogens is 263 g/mol. The van der Waals surface area contributed by atoms with Gasteiger partial charge in [0.25, 0.3) is 0 Å². The zero-order valence-electron chi connectivity index (χ0n) is 7.16. The van der Waals surface area contributed by atoms with Crippen molar-refractivity contribution in [3.8, 4) is 0 Å². The Morgan fingerprint density at radius 1 is 1.62 bits per heavy atom. The summed E-state index contributed by atoms with van der Waals surface area (Å²) in [6, 6.07) is 0. The summed E-state index contributed by atoms with van der Waals surface area (Å²) in [5, 5.41) is 0.645. The quantitative estimate of drug-likeness (QED) is 0.434. The van der Waals surface area contributed by atoms with Gasteiger partial charge in [0.2, 0.25) is 0 Å². The van der Waals surface area contributed by atoms with Gasteiger partial charge in [0.1, 0.15) is 6.61 Å². The van der Waals surface area contributed by atoms with Gasteiger partial charge in [-0.25, -0.2) is 4.57 Å². The molecular formula is C6H12BrO5P. The van der Waals surface area contributed by atoms with Crippen molar-refractivity contribution < 1.29 is 23.5 Å². The van der Waals surface area contributed by atoms with Crippen LogP contribution in [-0.4, -0.2) is 23.4 Å². The molecule has 0 saturated heterocycles. The standard InChI is InChI=1S/C6H12BrO5P/c1-2-10-6(11-4-3-7)5-12-13(8)9/h5,13H,2-4H2,1H3,(H,8,9). The number of hydrogen-bond donors (Lipinski definition) is 1. The lowest BCUT2D eigenvalue weighted by Crippen LogP contribution is -2.00. The Balaban J connectivity index is 3.90. The van der Waals surface area contributed by atoms with E-state index in [0.717, 1.165) is 6.26 Å². The van der Waals surface area contributed by atoms with Gasteiger partial charge in [-0.1, -0.05) is 15.9 Å². The van der Waals surface area contributed by atoms with Crippen LogP contribution in [0.4, 0.5) is 0 Å². The molecule has 0 amide bonds. The summed E-state index contributed by atoms with van der Waals surface area (Å²) < 4.78 is 24.5. The summed E-state index contributed by atoms with van der Waals surface area (Å²) in [7, 11) is -2.97. The lowest BCUT2D eigenvalue weighted by Gasteiger charge is -2.08. The minimum absolute atomic E-state index is 0.106. The maximum atomic E-state index is 10.2. The molecule has 0 bridgehead atoms. The van der Waals surface area contributed by atoms with Crippen molar-refractivity contribution in [3.63, 3.8) is 0 Å². The van der Waals surface area contributed by atoms with E-state index in [2.05, 4.69) is 20.5 Å². The normalized spacial score (nSPS) is 13.6. The Morgan fingerprint density at radius 2 is 2.31 bits per heavy atom. The monoisotopic (exact) mass is 274 g/mol. The second-order valence-electron chi connectivity index (χ2n) is 1.79. The van der Waals surface area contributed by atoms with Gasteiger partial charge in [-0.2, -0.15) is 0 Å². The van der Waals surface area contributed by atoms with Crippen molar-refractivity contribution >= 4 is 24.2 Å². The van der Waals surface area contributed by atoms with Crippen LogP contribution in [-0.2, 0) is 18.6 Å². The van der Waals surface area contributed by atoms with E-state index >= 15 is 0 Å². The average molecular weight is 275 g/mol. The minimum Gasteiger partial charge on any atom is -0.463 e. The first-order valence-corrected chi connectivity index (χ1v) is 6.00. The van der Waals surface area contributed by atoms with Crippen molar-refractivity contribution in [2.45, 2.75) is 6.92 Å². The fraction of sp³-hybridized carbons (Fsp3) is 0.667. The Labute approximate surface area is 85.8 Å². The highest BCUT2D eigenvalue weighted by molar-refractivity contribution is 9.09. The molecule has 0 aliphatic carbocycles. The van der Waals surface area contributed by atoms with E-state index in [1.165, 1.54) is 0 Å². The predicted molar refractivity (Wildman–Crippen MR) is 51.8 cm³/mol. The van der Waals surface area contributed by atoms with E-state index < -0.39 is 8.25 Å². The summed E-state index contributed by atoms with van der Waals surface area (Å²) in [5.74, 6) is 0.106. The van der Waals surface area contributed by atoms with Crippen LogP contribution in [0, 0.1) is 0 Å². The van der Waals surface area contributed by atoms with Crippen molar-refractivity contribution in [2.24, 2.45) is 0 Å². The lowest BCUT2D eigenvalue weighted by molar-refractivity contribution is 0.0401. The highest BCUT2D eigenvalue weighted by atomic mass is 79.9. The summed E-state index contributed by atoms with van der Waals surface area (Å²) in [4.78, 5) is 8.35. The predicted octanol–water partition coefficient (Wildman–Crippen LogP) is 1.63. The fourth-order valence-electron chi connectivity index (χ4n) is 0.490. The van der Waals surface area contributed by atoms with Gasteiger partial charge >= 0.3 is 14.2 Å². The van der Waals surface area contributed by atoms with Crippen LogP contribution in [0.1, 0.15) is 6.92 Å². The molecule has 0 aromatic carbocycles. The molecule has 0 aromatic heterocycles. The highest BCUT2D eigenvalue weighted by Crippen LogP contribution is 2.16. The van der Waals surface area contributed by atoms with Crippen molar-refractivity contribution in [3.05, 3.63) is 12.2 Å². The maximum absolute atomic E-state index is 10.2. The Kier molecular flexibility index (Phi) is 8.29. The van der Waals surface area contributed by atoms with E-state index in [0.29, 0.717) is 18.5 Å². The Hall–Kier alpha value is -0.190. The largest absolute Gasteiger partial charge is 0.463 e. The summed E-state index contributed by atoms with van der Waals surface area (Å²) in [6.45, 7) is 2.58. The third-order valence-corrected chi connectivity index (χ3v) is 1.51. The SMILES string of the molecule is CCOC(=CO[PH](=O)O)OCCBr. The summed E-state index contributed by atoms with van der Waals surface area (Å²) >= 11 is 3.16. The number of ether oxygens (including phenoxy) is 2. The molecule has 78 valence electrons. The van der Waals surface area contributed by atoms with Crippen LogP contribution in [0.3, 0.4) is 0 Å². The van der Waals surface area contributed by atoms with Gasteiger partial charge in [0.15, 0.2) is 6.26 Å². The third kappa shape index (κ3) is 8.15. The summed E-state index contributed by atoms with van der Waals surface area (Å²) in [5.41, 5.74) is 0. The third-order valence-electron chi connectivity index (χ3n) is 0.864. The van der Waals surface area contributed by atoms with Crippen LogP contribution in [0.25, 0.3) is 0 Å².